The third kappa shape index (κ3) is 2.27. The fourth-order valence-electron chi connectivity index (χ4n) is 1.11. The normalized spacial score (nSPS) is 27.9. The summed E-state index contributed by atoms with van der Waals surface area (Å²) >= 11 is 0. The van der Waals surface area contributed by atoms with Gasteiger partial charge in [0.25, 0.3) is 0 Å². The lowest BCUT2D eigenvalue weighted by molar-refractivity contribution is 0.0353. The standard InChI is InChI=1S/C8H17NO/c1-8(2)4-5-9(3)7-10-6-8/h4-7H2,1-3H3. The Kier molecular flexibility index (Phi) is 2.32. The van der Waals surface area contributed by atoms with E-state index in [9.17, 15) is 0 Å². The van der Waals surface area contributed by atoms with E-state index in [1.54, 1.807) is 0 Å². The van der Waals surface area contributed by atoms with E-state index in [0.717, 1.165) is 19.9 Å². The molecular weight excluding hydrogens is 126 g/mol. The van der Waals surface area contributed by atoms with Gasteiger partial charge >= 0.3 is 0 Å². The molecule has 0 bridgehead atoms. The van der Waals surface area contributed by atoms with Crippen LogP contribution < -0.4 is 0 Å². The van der Waals surface area contributed by atoms with Crippen LogP contribution >= 0.6 is 0 Å². The predicted octanol–water partition coefficient (Wildman–Crippen LogP) is 1.32. The molecule has 1 fully saturated rings. The van der Waals surface area contributed by atoms with E-state index < -0.39 is 0 Å². The fourth-order valence-corrected chi connectivity index (χ4v) is 1.11. The molecule has 10 heavy (non-hydrogen) atoms. The molecule has 1 rings (SSSR count). The second-order valence-electron chi connectivity index (χ2n) is 3.97. The van der Waals surface area contributed by atoms with Crippen LogP contribution in [0.15, 0.2) is 0 Å². The molecule has 1 heterocycles. The van der Waals surface area contributed by atoms with Crippen LogP contribution in [0.2, 0.25) is 0 Å². The van der Waals surface area contributed by atoms with Crippen molar-refractivity contribution in [1.82, 2.24) is 4.90 Å². The summed E-state index contributed by atoms with van der Waals surface area (Å²) in [6, 6.07) is 0. The molecule has 0 aromatic heterocycles. The molecule has 0 saturated carbocycles. The van der Waals surface area contributed by atoms with Gasteiger partial charge in [0, 0.05) is 6.54 Å². The van der Waals surface area contributed by atoms with Gasteiger partial charge in [-0.1, -0.05) is 13.8 Å². The minimum absolute atomic E-state index is 0.380. The molecule has 60 valence electrons. The molecule has 0 aromatic rings. The Bertz CT molecular complexity index is 112. The van der Waals surface area contributed by atoms with Crippen molar-refractivity contribution >= 4 is 0 Å². The lowest BCUT2D eigenvalue weighted by Gasteiger charge is -2.20. The van der Waals surface area contributed by atoms with Crippen LogP contribution in [0.4, 0.5) is 0 Å². The van der Waals surface area contributed by atoms with Crippen LogP contribution in [-0.4, -0.2) is 31.8 Å². The van der Waals surface area contributed by atoms with E-state index in [2.05, 4.69) is 25.8 Å². The van der Waals surface area contributed by atoms with Gasteiger partial charge in [-0.25, -0.2) is 0 Å². The molecule has 0 unspecified atom stereocenters. The highest BCUT2D eigenvalue weighted by molar-refractivity contribution is 4.71. The zero-order chi connectivity index (χ0) is 7.61. The molecule has 0 amide bonds. The van der Waals surface area contributed by atoms with Gasteiger partial charge in [0.05, 0.1) is 13.3 Å². The van der Waals surface area contributed by atoms with Gasteiger partial charge in [-0.3, -0.25) is 4.90 Å². The Morgan fingerprint density at radius 3 is 2.80 bits per heavy atom. The predicted molar refractivity (Wildman–Crippen MR) is 41.8 cm³/mol. The van der Waals surface area contributed by atoms with Crippen molar-refractivity contribution in [2.75, 3.05) is 26.9 Å². The summed E-state index contributed by atoms with van der Waals surface area (Å²) in [6.07, 6.45) is 1.24. The van der Waals surface area contributed by atoms with Crippen LogP contribution in [0.5, 0.6) is 0 Å². The molecule has 0 aromatic carbocycles. The van der Waals surface area contributed by atoms with E-state index in [0.29, 0.717) is 5.41 Å². The summed E-state index contributed by atoms with van der Waals surface area (Å²) in [7, 11) is 2.10. The van der Waals surface area contributed by atoms with Crippen LogP contribution in [0, 0.1) is 5.41 Å². The summed E-state index contributed by atoms with van der Waals surface area (Å²) in [5, 5.41) is 0. The minimum atomic E-state index is 0.380. The van der Waals surface area contributed by atoms with Crippen molar-refractivity contribution in [2.45, 2.75) is 20.3 Å². The van der Waals surface area contributed by atoms with E-state index in [4.69, 9.17) is 4.74 Å². The smallest absolute Gasteiger partial charge is 0.0987 e. The molecule has 0 radical (unpaired) electrons. The lowest BCUT2D eigenvalue weighted by Crippen LogP contribution is -2.20. The molecule has 1 aliphatic heterocycles. The molecule has 0 N–H and O–H groups in total. The van der Waals surface area contributed by atoms with E-state index >= 15 is 0 Å². The first-order chi connectivity index (χ1) is 4.60. The van der Waals surface area contributed by atoms with Crippen LogP contribution in [0.25, 0.3) is 0 Å². The second kappa shape index (κ2) is 2.89. The highest BCUT2D eigenvalue weighted by Gasteiger charge is 2.21. The molecule has 0 aliphatic carbocycles. The van der Waals surface area contributed by atoms with Crippen LogP contribution in [0.3, 0.4) is 0 Å². The third-order valence-corrected chi connectivity index (χ3v) is 1.97. The average Bonchev–Trinajstić information content (AvgIpc) is 1.94. The van der Waals surface area contributed by atoms with Gasteiger partial charge in [0.2, 0.25) is 0 Å². The van der Waals surface area contributed by atoms with Crippen molar-refractivity contribution in [3.63, 3.8) is 0 Å². The Morgan fingerprint density at radius 2 is 2.10 bits per heavy atom. The Morgan fingerprint density at radius 1 is 1.40 bits per heavy atom. The maximum Gasteiger partial charge on any atom is 0.0987 e. The lowest BCUT2D eigenvalue weighted by atomic mass is 9.91. The number of ether oxygens (including phenoxy) is 1. The molecule has 2 nitrogen and oxygen atoms in total. The van der Waals surface area contributed by atoms with Crippen molar-refractivity contribution in [2.24, 2.45) is 5.41 Å². The molecule has 2 heteroatoms. The first-order valence-electron chi connectivity index (χ1n) is 3.86. The maximum atomic E-state index is 5.45. The van der Waals surface area contributed by atoms with Crippen LogP contribution in [0.1, 0.15) is 20.3 Å². The summed E-state index contributed by atoms with van der Waals surface area (Å²) in [5.74, 6) is 0. The summed E-state index contributed by atoms with van der Waals surface area (Å²) in [5.41, 5.74) is 0.380. The Balaban J connectivity index is 2.41. The monoisotopic (exact) mass is 143 g/mol. The average molecular weight is 143 g/mol. The van der Waals surface area contributed by atoms with Gasteiger partial charge < -0.3 is 4.74 Å². The zero-order valence-corrected chi connectivity index (χ0v) is 7.18. The second-order valence-corrected chi connectivity index (χ2v) is 3.97. The van der Waals surface area contributed by atoms with Crippen molar-refractivity contribution in [3.8, 4) is 0 Å². The van der Waals surface area contributed by atoms with E-state index in [-0.39, 0.29) is 0 Å². The molecule has 1 saturated heterocycles. The van der Waals surface area contributed by atoms with Gasteiger partial charge in [0.1, 0.15) is 0 Å². The largest absolute Gasteiger partial charge is 0.366 e. The highest BCUT2D eigenvalue weighted by Crippen LogP contribution is 2.22. The molecule has 1 aliphatic rings. The maximum absolute atomic E-state index is 5.45. The van der Waals surface area contributed by atoms with Gasteiger partial charge in [0.15, 0.2) is 0 Å². The first kappa shape index (κ1) is 8.02. The SMILES string of the molecule is CN1CCC(C)(C)COC1. The summed E-state index contributed by atoms with van der Waals surface area (Å²) in [4.78, 5) is 2.22. The van der Waals surface area contributed by atoms with Crippen molar-refractivity contribution in [3.05, 3.63) is 0 Å². The van der Waals surface area contributed by atoms with E-state index in [1.807, 2.05) is 0 Å². The highest BCUT2D eigenvalue weighted by atomic mass is 16.5. The number of rotatable bonds is 0. The topological polar surface area (TPSA) is 12.5 Å². The quantitative estimate of drug-likeness (QED) is 0.507. The number of nitrogens with zero attached hydrogens (tertiary/aromatic N) is 1. The fraction of sp³-hybridized carbons (Fsp3) is 1.00. The Hall–Kier alpha value is -0.0800. The molecule has 0 spiro atoms. The summed E-state index contributed by atoms with van der Waals surface area (Å²) < 4.78 is 5.45. The summed E-state index contributed by atoms with van der Waals surface area (Å²) in [6.45, 7) is 7.37. The van der Waals surface area contributed by atoms with Gasteiger partial charge in [-0.05, 0) is 18.9 Å². The van der Waals surface area contributed by atoms with Crippen LogP contribution in [-0.2, 0) is 4.74 Å². The zero-order valence-electron chi connectivity index (χ0n) is 7.18. The number of hydrogen-bond acceptors (Lipinski definition) is 2. The van der Waals surface area contributed by atoms with Crippen molar-refractivity contribution < 1.29 is 4.74 Å². The van der Waals surface area contributed by atoms with Gasteiger partial charge in [-0.2, -0.15) is 0 Å². The Labute approximate surface area is 63.2 Å². The van der Waals surface area contributed by atoms with E-state index in [1.165, 1.54) is 6.42 Å². The van der Waals surface area contributed by atoms with Gasteiger partial charge in [-0.15, -0.1) is 0 Å². The van der Waals surface area contributed by atoms with Crippen molar-refractivity contribution in [1.29, 1.82) is 0 Å². The first-order valence-corrected chi connectivity index (χ1v) is 3.86. The molecular formula is C8H17NO. The third-order valence-electron chi connectivity index (χ3n) is 1.97. The minimum Gasteiger partial charge on any atom is -0.366 e. The number of hydrogen-bond donors (Lipinski definition) is 0. The molecule has 0 atom stereocenters.